The number of anilines is 2. The summed E-state index contributed by atoms with van der Waals surface area (Å²) in [7, 11) is 0. The number of nitrogens with zero attached hydrogens (tertiary/aromatic N) is 1. The van der Waals surface area contributed by atoms with Gasteiger partial charge < -0.3 is 5.32 Å². The van der Waals surface area contributed by atoms with Crippen molar-refractivity contribution in [3.8, 4) is 0 Å². The summed E-state index contributed by atoms with van der Waals surface area (Å²) in [6.07, 6.45) is 0.138. The molecule has 0 aliphatic carbocycles. The third-order valence-corrected chi connectivity index (χ3v) is 3.81. The smallest absolute Gasteiger partial charge is 0.256 e. The van der Waals surface area contributed by atoms with Gasteiger partial charge in [-0.1, -0.05) is 29.8 Å². The second-order valence-electron chi connectivity index (χ2n) is 5.32. The van der Waals surface area contributed by atoms with Gasteiger partial charge in [0.1, 0.15) is 6.04 Å². The lowest BCUT2D eigenvalue weighted by molar-refractivity contribution is -0.121. The zero-order valence-corrected chi connectivity index (χ0v) is 12.8. The summed E-state index contributed by atoms with van der Waals surface area (Å²) < 4.78 is 0. The number of carbonyl (C=O) groups is 2. The van der Waals surface area contributed by atoms with E-state index in [2.05, 4.69) is 5.32 Å². The quantitative estimate of drug-likeness (QED) is 0.883. The van der Waals surface area contributed by atoms with Gasteiger partial charge >= 0.3 is 0 Å². The second kappa shape index (κ2) is 5.81. The van der Waals surface area contributed by atoms with E-state index in [0.717, 1.165) is 11.3 Å². The Labute approximate surface area is 133 Å². The van der Waals surface area contributed by atoms with Gasteiger partial charge in [0, 0.05) is 10.7 Å². The van der Waals surface area contributed by atoms with E-state index in [0.29, 0.717) is 10.7 Å². The molecule has 1 heterocycles. The molecule has 2 aromatic carbocycles. The fourth-order valence-electron chi connectivity index (χ4n) is 2.57. The van der Waals surface area contributed by atoms with Gasteiger partial charge in [-0.15, -0.1) is 0 Å². The Balaban J connectivity index is 1.82. The summed E-state index contributed by atoms with van der Waals surface area (Å²) in [6, 6.07) is 13.9. The zero-order chi connectivity index (χ0) is 15.7. The van der Waals surface area contributed by atoms with Gasteiger partial charge in [-0.3, -0.25) is 9.59 Å². The van der Waals surface area contributed by atoms with E-state index in [9.17, 15) is 9.59 Å². The highest BCUT2D eigenvalue weighted by Crippen LogP contribution is 2.27. The molecule has 0 unspecified atom stereocenters. The van der Waals surface area contributed by atoms with Crippen molar-refractivity contribution in [3.63, 3.8) is 0 Å². The standard InChI is InChI=1S/C17H15ClN2O2/c1-11-4-2-6-13(8-11)19-15-10-16(21)20(17(15)22)14-7-3-5-12(18)9-14/h2-9,15,19H,10H2,1H3/t15-/m1/s1. The first kappa shape index (κ1) is 14.6. The predicted molar refractivity (Wildman–Crippen MR) is 87.2 cm³/mol. The molecule has 1 aliphatic rings. The lowest BCUT2D eigenvalue weighted by atomic mass is 10.2. The fourth-order valence-corrected chi connectivity index (χ4v) is 2.75. The van der Waals surface area contributed by atoms with Crippen molar-refractivity contribution in [1.82, 2.24) is 0 Å². The van der Waals surface area contributed by atoms with Gasteiger partial charge in [0.05, 0.1) is 12.1 Å². The number of benzene rings is 2. The average molecular weight is 315 g/mol. The molecule has 1 saturated heterocycles. The molecule has 1 fully saturated rings. The predicted octanol–water partition coefficient (Wildman–Crippen LogP) is 3.39. The molecule has 4 nitrogen and oxygen atoms in total. The maximum Gasteiger partial charge on any atom is 0.256 e. The van der Waals surface area contributed by atoms with Crippen molar-refractivity contribution in [2.24, 2.45) is 0 Å². The van der Waals surface area contributed by atoms with Crippen LogP contribution in [0.2, 0.25) is 5.02 Å². The normalized spacial score (nSPS) is 17.9. The van der Waals surface area contributed by atoms with E-state index in [1.807, 2.05) is 31.2 Å². The van der Waals surface area contributed by atoms with Crippen LogP contribution in [0, 0.1) is 6.92 Å². The number of hydrogen-bond acceptors (Lipinski definition) is 3. The van der Waals surface area contributed by atoms with Gasteiger partial charge in [0.25, 0.3) is 5.91 Å². The first-order valence-electron chi connectivity index (χ1n) is 7.00. The first-order chi connectivity index (χ1) is 10.5. The number of halogens is 1. The Morgan fingerprint density at radius 1 is 1.14 bits per heavy atom. The highest BCUT2D eigenvalue weighted by atomic mass is 35.5. The van der Waals surface area contributed by atoms with E-state index < -0.39 is 6.04 Å². The molecule has 3 rings (SSSR count). The van der Waals surface area contributed by atoms with Crippen LogP contribution in [-0.2, 0) is 9.59 Å². The Hall–Kier alpha value is -2.33. The third kappa shape index (κ3) is 2.83. The zero-order valence-electron chi connectivity index (χ0n) is 12.0. The molecule has 0 aromatic heterocycles. The van der Waals surface area contributed by atoms with Crippen LogP contribution in [0.3, 0.4) is 0 Å². The Morgan fingerprint density at radius 3 is 2.64 bits per heavy atom. The molecular formula is C17H15ClN2O2. The summed E-state index contributed by atoms with van der Waals surface area (Å²) in [5.41, 5.74) is 2.43. The number of rotatable bonds is 3. The van der Waals surface area contributed by atoms with Crippen molar-refractivity contribution in [2.45, 2.75) is 19.4 Å². The van der Waals surface area contributed by atoms with Crippen LogP contribution in [0.1, 0.15) is 12.0 Å². The summed E-state index contributed by atoms with van der Waals surface area (Å²) in [6.45, 7) is 1.98. The Morgan fingerprint density at radius 2 is 1.91 bits per heavy atom. The molecule has 0 radical (unpaired) electrons. The molecule has 1 atom stereocenters. The minimum atomic E-state index is -0.548. The average Bonchev–Trinajstić information content (AvgIpc) is 2.73. The minimum Gasteiger partial charge on any atom is -0.373 e. The van der Waals surface area contributed by atoms with E-state index >= 15 is 0 Å². The summed E-state index contributed by atoms with van der Waals surface area (Å²) in [4.78, 5) is 25.9. The van der Waals surface area contributed by atoms with Crippen LogP contribution in [0.15, 0.2) is 48.5 Å². The topological polar surface area (TPSA) is 49.4 Å². The van der Waals surface area contributed by atoms with Crippen molar-refractivity contribution >= 4 is 34.8 Å². The SMILES string of the molecule is Cc1cccc(N[C@@H]2CC(=O)N(c3cccc(Cl)c3)C2=O)c1. The maximum absolute atomic E-state index is 12.5. The first-order valence-corrected chi connectivity index (χ1v) is 7.38. The van der Waals surface area contributed by atoms with Crippen LogP contribution in [-0.4, -0.2) is 17.9 Å². The lowest BCUT2D eigenvalue weighted by Crippen LogP contribution is -2.34. The molecule has 2 amide bonds. The number of nitrogens with one attached hydrogen (secondary N) is 1. The van der Waals surface area contributed by atoms with Crippen molar-refractivity contribution in [3.05, 3.63) is 59.1 Å². The number of amides is 2. The number of hydrogen-bond donors (Lipinski definition) is 1. The molecule has 1 aliphatic heterocycles. The Bertz CT molecular complexity index is 745. The van der Waals surface area contributed by atoms with Crippen LogP contribution in [0.4, 0.5) is 11.4 Å². The van der Waals surface area contributed by atoms with Crippen LogP contribution >= 0.6 is 11.6 Å². The van der Waals surface area contributed by atoms with E-state index in [-0.39, 0.29) is 18.2 Å². The molecule has 5 heteroatoms. The molecule has 112 valence electrons. The number of aryl methyl sites for hydroxylation is 1. The van der Waals surface area contributed by atoms with Gasteiger partial charge in [0.2, 0.25) is 5.91 Å². The molecule has 0 saturated carbocycles. The largest absolute Gasteiger partial charge is 0.373 e. The third-order valence-electron chi connectivity index (χ3n) is 3.57. The van der Waals surface area contributed by atoms with Gasteiger partial charge in [0.15, 0.2) is 0 Å². The lowest BCUT2D eigenvalue weighted by Gasteiger charge is -2.16. The van der Waals surface area contributed by atoms with E-state index in [1.54, 1.807) is 24.3 Å². The molecule has 22 heavy (non-hydrogen) atoms. The molecule has 0 spiro atoms. The molecule has 1 N–H and O–H groups in total. The van der Waals surface area contributed by atoms with Gasteiger partial charge in [-0.25, -0.2) is 4.90 Å². The second-order valence-corrected chi connectivity index (χ2v) is 5.75. The fraction of sp³-hybridized carbons (Fsp3) is 0.176. The van der Waals surface area contributed by atoms with Crippen molar-refractivity contribution < 1.29 is 9.59 Å². The number of imide groups is 1. The van der Waals surface area contributed by atoms with Crippen LogP contribution in [0.25, 0.3) is 0 Å². The van der Waals surface area contributed by atoms with Gasteiger partial charge in [-0.05, 0) is 42.8 Å². The summed E-state index contributed by atoms with van der Waals surface area (Å²) >= 11 is 5.94. The summed E-state index contributed by atoms with van der Waals surface area (Å²) in [5.74, 6) is -0.480. The van der Waals surface area contributed by atoms with Crippen LogP contribution < -0.4 is 10.2 Å². The van der Waals surface area contributed by atoms with Gasteiger partial charge in [-0.2, -0.15) is 0 Å². The maximum atomic E-state index is 12.5. The molecule has 2 aromatic rings. The summed E-state index contributed by atoms with van der Waals surface area (Å²) in [5, 5.41) is 3.62. The van der Waals surface area contributed by atoms with Crippen molar-refractivity contribution in [2.75, 3.05) is 10.2 Å². The van der Waals surface area contributed by atoms with Crippen molar-refractivity contribution in [1.29, 1.82) is 0 Å². The highest BCUT2D eigenvalue weighted by Gasteiger charge is 2.39. The highest BCUT2D eigenvalue weighted by molar-refractivity contribution is 6.31. The van der Waals surface area contributed by atoms with Crippen LogP contribution in [0.5, 0.6) is 0 Å². The van der Waals surface area contributed by atoms with E-state index in [4.69, 9.17) is 11.6 Å². The number of carbonyl (C=O) groups excluding carboxylic acids is 2. The Kier molecular flexibility index (Phi) is 3.86. The minimum absolute atomic E-state index is 0.138. The monoisotopic (exact) mass is 314 g/mol. The molecule has 0 bridgehead atoms. The van der Waals surface area contributed by atoms with E-state index in [1.165, 1.54) is 4.90 Å². The molecular weight excluding hydrogens is 300 g/mol.